The third-order valence-corrected chi connectivity index (χ3v) is 3.61. The maximum Gasteiger partial charge on any atom is 0.219 e. The fraction of sp³-hybridized carbons (Fsp3) is 0.294. The first-order valence-electron chi connectivity index (χ1n) is 7.72. The fourth-order valence-corrected chi connectivity index (χ4v) is 2.31. The topological polar surface area (TPSA) is 73.0 Å². The average Bonchev–Trinajstić information content (AvgIpc) is 2.63. The molecule has 1 saturated heterocycles. The molecule has 0 amide bonds. The highest BCUT2D eigenvalue weighted by molar-refractivity contribution is 14.0. The molecule has 2 N–H and O–H groups in total. The Kier molecular flexibility index (Phi) is 7.38. The maximum absolute atomic E-state index is 13.6. The molecule has 1 fully saturated rings. The van der Waals surface area contributed by atoms with Crippen LogP contribution in [0, 0.1) is 5.82 Å². The van der Waals surface area contributed by atoms with E-state index >= 15 is 0 Å². The van der Waals surface area contributed by atoms with Gasteiger partial charge < -0.3 is 20.1 Å². The van der Waals surface area contributed by atoms with Crippen molar-refractivity contribution in [3.8, 4) is 11.6 Å². The molecular formula is C17H20FIN4O2. The Hall–Kier alpha value is -1.94. The molecule has 0 saturated carbocycles. The lowest BCUT2D eigenvalue weighted by Crippen LogP contribution is -2.44. The lowest BCUT2D eigenvalue weighted by molar-refractivity contribution is 0.0674. The predicted molar refractivity (Wildman–Crippen MR) is 104 cm³/mol. The van der Waals surface area contributed by atoms with Crippen molar-refractivity contribution in [1.82, 2.24) is 9.88 Å². The number of rotatable bonds is 4. The van der Waals surface area contributed by atoms with Crippen LogP contribution in [0.25, 0.3) is 0 Å². The van der Waals surface area contributed by atoms with Gasteiger partial charge in [0.2, 0.25) is 5.88 Å². The number of benzene rings is 1. The molecule has 0 spiro atoms. The number of morpholine rings is 1. The normalized spacial score (nSPS) is 14.8. The number of nitrogens with two attached hydrogens (primary N) is 1. The number of hydrogen-bond donors (Lipinski definition) is 1. The Balaban J connectivity index is 0.00000225. The van der Waals surface area contributed by atoms with Gasteiger partial charge in [0, 0.05) is 25.4 Å². The number of aliphatic imine (C=N–C) groups is 1. The van der Waals surface area contributed by atoms with Crippen molar-refractivity contribution in [3.63, 3.8) is 0 Å². The number of halogens is 2. The number of hydrogen-bond acceptors (Lipinski definition) is 4. The maximum atomic E-state index is 13.6. The van der Waals surface area contributed by atoms with Crippen molar-refractivity contribution in [2.45, 2.75) is 6.54 Å². The summed E-state index contributed by atoms with van der Waals surface area (Å²) >= 11 is 0. The highest BCUT2D eigenvalue weighted by Crippen LogP contribution is 2.23. The molecule has 0 radical (unpaired) electrons. The zero-order valence-electron chi connectivity index (χ0n) is 13.6. The molecule has 134 valence electrons. The standard InChI is InChI=1S/C17H19FN4O2.HI/c18-14-3-1-2-4-15(14)24-16-11-13(5-6-20-16)12-21-17(19)22-7-9-23-10-8-22;/h1-6,11H,7-10,12H2,(H2,19,21);1H. The van der Waals surface area contributed by atoms with Gasteiger partial charge in [-0.05, 0) is 23.8 Å². The summed E-state index contributed by atoms with van der Waals surface area (Å²) in [5.74, 6) is 0.516. The van der Waals surface area contributed by atoms with E-state index in [1.165, 1.54) is 6.07 Å². The summed E-state index contributed by atoms with van der Waals surface area (Å²) in [6.45, 7) is 3.21. The van der Waals surface area contributed by atoms with E-state index in [0.717, 1.165) is 18.7 Å². The highest BCUT2D eigenvalue weighted by atomic mass is 127. The van der Waals surface area contributed by atoms with Crippen LogP contribution in [0.3, 0.4) is 0 Å². The van der Waals surface area contributed by atoms with Gasteiger partial charge in [-0.25, -0.2) is 14.4 Å². The first-order chi connectivity index (χ1) is 11.7. The molecule has 1 aromatic carbocycles. The number of aromatic nitrogens is 1. The molecule has 3 rings (SSSR count). The van der Waals surface area contributed by atoms with E-state index in [1.807, 2.05) is 11.0 Å². The summed E-state index contributed by atoms with van der Waals surface area (Å²) in [6.07, 6.45) is 1.60. The number of nitrogens with zero attached hydrogens (tertiary/aromatic N) is 3. The molecule has 2 heterocycles. The first-order valence-corrected chi connectivity index (χ1v) is 7.72. The monoisotopic (exact) mass is 458 g/mol. The van der Waals surface area contributed by atoms with E-state index in [-0.39, 0.29) is 29.7 Å². The van der Waals surface area contributed by atoms with Gasteiger partial charge in [0.1, 0.15) is 0 Å². The van der Waals surface area contributed by atoms with E-state index in [1.54, 1.807) is 30.5 Å². The molecule has 1 aromatic heterocycles. The molecule has 1 aliphatic heterocycles. The minimum atomic E-state index is -0.431. The lowest BCUT2D eigenvalue weighted by atomic mass is 10.2. The molecule has 8 heteroatoms. The second-order valence-electron chi connectivity index (χ2n) is 5.31. The van der Waals surface area contributed by atoms with Gasteiger partial charge in [-0.3, -0.25) is 0 Å². The Bertz CT molecular complexity index is 723. The minimum Gasteiger partial charge on any atom is -0.436 e. The highest BCUT2D eigenvalue weighted by Gasteiger charge is 2.12. The summed E-state index contributed by atoms with van der Waals surface area (Å²) in [5.41, 5.74) is 6.88. The van der Waals surface area contributed by atoms with Gasteiger partial charge in [0.05, 0.1) is 19.8 Å². The van der Waals surface area contributed by atoms with Crippen LogP contribution in [0.1, 0.15) is 5.56 Å². The largest absolute Gasteiger partial charge is 0.436 e. The molecule has 2 aromatic rings. The Morgan fingerprint density at radius 1 is 1.28 bits per heavy atom. The summed E-state index contributed by atoms with van der Waals surface area (Å²) in [4.78, 5) is 10.5. The molecule has 0 aliphatic carbocycles. The predicted octanol–water partition coefficient (Wildman–Crippen LogP) is 2.78. The van der Waals surface area contributed by atoms with Crippen LogP contribution >= 0.6 is 24.0 Å². The van der Waals surface area contributed by atoms with Crippen LogP contribution in [0.2, 0.25) is 0 Å². The lowest BCUT2D eigenvalue weighted by Gasteiger charge is -2.27. The van der Waals surface area contributed by atoms with Crippen molar-refractivity contribution < 1.29 is 13.9 Å². The second-order valence-corrected chi connectivity index (χ2v) is 5.31. The van der Waals surface area contributed by atoms with Crippen molar-refractivity contribution in [2.75, 3.05) is 26.3 Å². The summed E-state index contributed by atoms with van der Waals surface area (Å²) < 4.78 is 24.4. The summed E-state index contributed by atoms with van der Waals surface area (Å²) in [5, 5.41) is 0. The molecule has 6 nitrogen and oxygen atoms in total. The Morgan fingerprint density at radius 3 is 2.80 bits per heavy atom. The van der Waals surface area contributed by atoms with E-state index < -0.39 is 5.82 Å². The van der Waals surface area contributed by atoms with E-state index in [4.69, 9.17) is 15.2 Å². The second kappa shape index (κ2) is 9.52. The number of pyridine rings is 1. The zero-order valence-corrected chi connectivity index (χ0v) is 15.9. The number of guanidine groups is 1. The van der Waals surface area contributed by atoms with Crippen LogP contribution < -0.4 is 10.5 Å². The van der Waals surface area contributed by atoms with Gasteiger partial charge in [0.15, 0.2) is 17.5 Å². The minimum absolute atomic E-state index is 0. The molecule has 0 bridgehead atoms. The van der Waals surface area contributed by atoms with Crippen LogP contribution in [0.5, 0.6) is 11.6 Å². The molecular weight excluding hydrogens is 438 g/mol. The van der Waals surface area contributed by atoms with Gasteiger partial charge >= 0.3 is 0 Å². The SMILES string of the molecule is I.NC(=NCc1ccnc(Oc2ccccc2F)c1)N1CCOCC1. The van der Waals surface area contributed by atoms with Crippen molar-refractivity contribution >= 4 is 29.9 Å². The van der Waals surface area contributed by atoms with E-state index in [0.29, 0.717) is 31.6 Å². The van der Waals surface area contributed by atoms with Crippen molar-refractivity contribution in [2.24, 2.45) is 10.7 Å². The van der Waals surface area contributed by atoms with E-state index in [9.17, 15) is 4.39 Å². The van der Waals surface area contributed by atoms with E-state index in [2.05, 4.69) is 9.98 Å². The van der Waals surface area contributed by atoms with Gasteiger partial charge in [0.25, 0.3) is 0 Å². The van der Waals surface area contributed by atoms with Crippen molar-refractivity contribution in [1.29, 1.82) is 0 Å². The molecule has 0 atom stereocenters. The summed E-state index contributed by atoms with van der Waals surface area (Å²) in [6, 6.07) is 9.75. The van der Waals surface area contributed by atoms with Crippen LogP contribution in [0.15, 0.2) is 47.6 Å². The molecule has 25 heavy (non-hydrogen) atoms. The number of para-hydroxylation sites is 1. The van der Waals surface area contributed by atoms with Gasteiger partial charge in [-0.1, -0.05) is 12.1 Å². The average molecular weight is 458 g/mol. The van der Waals surface area contributed by atoms with Gasteiger partial charge in [-0.2, -0.15) is 0 Å². The van der Waals surface area contributed by atoms with Crippen LogP contribution in [-0.2, 0) is 11.3 Å². The molecule has 0 unspecified atom stereocenters. The van der Waals surface area contributed by atoms with Crippen LogP contribution in [0.4, 0.5) is 4.39 Å². The quantitative estimate of drug-likeness (QED) is 0.434. The Morgan fingerprint density at radius 2 is 2.04 bits per heavy atom. The fourth-order valence-electron chi connectivity index (χ4n) is 2.31. The number of ether oxygens (including phenoxy) is 2. The molecule has 1 aliphatic rings. The van der Waals surface area contributed by atoms with Gasteiger partial charge in [-0.15, -0.1) is 24.0 Å². The zero-order chi connectivity index (χ0) is 16.8. The van der Waals surface area contributed by atoms with Crippen LogP contribution in [-0.4, -0.2) is 42.1 Å². The third-order valence-electron chi connectivity index (χ3n) is 3.61. The summed E-state index contributed by atoms with van der Waals surface area (Å²) in [7, 11) is 0. The third kappa shape index (κ3) is 5.53. The first kappa shape index (κ1) is 19.4. The Labute approximate surface area is 162 Å². The van der Waals surface area contributed by atoms with Crippen molar-refractivity contribution in [3.05, 3.63) is 54.0 Å². The smallest absolute Gasteiger partial charge is 0.219 e.